The standard InChI is InChI=1S/C16H15N3O4S2/c1-8-9(2)25-14-12(8)15(21)19(7-17-14)6-11(20)18-10-4-5-24-13(10)16(22)23-3/h4-5,7H,6H2,1-3H3,(H,18,20). The van der Waals surface area contributed by atoms with Crippen LogP contribution in [0.25, 0.3) is 10.2 Å². The fourth-order valence-corrected chi connectivity index (χ4v) is 4.14. The number of carbonyl (C=O) groups is 2. The van der Waals surface area contributed by atoms with Gasteiger partial charge in [0.2, 0.25) is 5.91 Å². The van der Waals surface area contributed by atoms with Crippen molar-refractivity contribution in [2.45, 2.75) is 20.4 Å². The fraction of sp³-hybridized carbons (Fsp3) is 0.250. The molecule has 1 amide bonds. The quantitative estimate of drug-likeness (QED) is 0.706. The number of hydrogen-bond acceptors (Lipinski definition) is 7. The van der Waals surface area contributed by atoms with Gasteiger partial charge in [0.15, 0.2) is 0 Å². The van der Waals surface area contributed by atoms with E-state index in [1.807, 2.05) is 13.8 Å². The lowest BCUT2D eigenvalue weighted by Gasteiger charge is -2.07. The second-order valence-corrected chi connectivity index (χ2v) is 7.46. The molecule has 130 valence electrons. The Hall–Kier alpha value is -2.52. The number of esters is 1. The molecule has 3 aromatic heterocycles. The molecule has 1 N–H and O–H groups in total. The number of nitrogens with zero attached hydrogens (tertiary/aromatic N) is 2. The topological polar surface area (TPSA) is 90.3 Å². The van der Waals surface area contributed by atoms with E-state index in [-0.39, 0.29) is 12.1 Å². The maximum absolute atomic E-state index is 12.6. The van der Waals surface area contributed by atoms with Crippen LogP contribution in [-0.4, -0.2) is 28.5 Å². The van der Waals surface area contributed by atoms with Crippen LogP contribution in [0, 0.1) is 13.8 Å². The molecule has 9 heteroatoms. The minimum Gasteiger partial charge on any atom is -0.465 e. The van der Waals surface area contributed by atoms with Crippen molar-refractivity contribution < 1.29 is 14.3 Å². The van der Waals surface area contributed by atoms with Crippen LogP contribution in [0.1, 0.15) is 20.1 Å². The third kappa shape index (κ3) is 3.20. The van der Waals surface area contributed by atoms with Crippen LogP contribution in [0.15, 0.2) is 22.6 Å². The monoisotopic (exact) mass is 377 g/mol. The van der Waals surface area contributed by atoms with E-state index in [0.29, 0.717) is 20.8 Å². The van der Waals surface area contributed by atoms with Gasteiger partial charge in [0.1, 0.15) is 16.3 Å². The van der Waals surface area contributed by atoms with E-state index >= 15 is 0 Å². The van der Waals surface area contributed by atoms with Crippen LogP contribution in [0.5, 0.6) is 0 Å². The number of nitrogens with one attached hydrogen (secondary N) is 1. The second kappa shape index (κ2) is 6.77. The second-order valence-electron chi connectivity index (χ2n) is 5.34. The van der Waals surface area contributed by atoms with E-state index in [2.05, 4.69) is 15.0 Å². The van der Waals surface area contributed by atoms with Gasteiger partial charge < -0.3 is 10.1 Å². The molecule has 0 aliphatic heterocycles. The van der Waals surface area contributed by atoms with Gasteiger partial charge >= 0.3 is 5.97 Å². The Labute approximate surface area is 150 Å². The van der Waals surface area contributed by atoms with Crippen molar-refractivity contribution in [3.8, 4) is 0 Å². The average molecular weight is 377 g/mol. The Kier molecular flexibility index (Phi) is 4.69. The molecule has 0 spiro atoms. The zero-order valence-corrected chi connectivity index (χ0v) is 15.4. The Morgan fingerprint density at radius 3 is 2.84 bits per heavy atom. The maximum atomic E-state index is 12.6. The summed E-state index contributed by atoms with van der Waals surface area (Å²) in [4.78, 5) is 42.8. The molecule has 0 saturated heterocycles. The van der Waals surface area contributed by atoms with Gasteiger partial charge in [-0.3, -0.25) is 14.2 Å². The molecule has 0 aliphatic rings. The summed E-state index contributed by atoms with van der Waals surface area (Å²) < 4.78 is 5.94. The van der Waals surface area contributed by atoms with E-state index in [1.54, 1.807) is 11.4 Å². The molecule has 3 rings (SSSR count). The number of fused-ring (bicyclic) bond motifs is 1. The molecule has 0 aliphatic carbocycles. The maximum Gasteiger partial charge on any atom is 0.350 e. The van der Waals surface area contributed by atoms with Gasteiger partial charge in [-0.25, -0.2) is 9.78 Å². The number of aryl methyl sites for hydroxylation is 2. The van der Waals surface area contributed by atoms with Crippen molar-refractivity contribution in [3.63, 3.8) is 0 Å². The number of amides is 1. The predicted octanol–water partition coefficient (Wildman–Crippen LogP) is 2.56. The first-order valence-corrected chi connectivity index (χ1v) is 9.02. The molecule has 0 atom stereocenters. The first kappa shape index (κ1) is 17.3. The van der Waals surface area contributed by atoms with Crippen molar-refractivity contribution in [2.75, 3.05) is 12.4 Å². The highest BCUT2D eigenvalue weighted by Gasteiger charge is 2.17. The van der Waals surface area contributed by atoms with Gasteiger partial charge in [-0.1, -0.05) is 0 Å². The SMILES string of the molecule is COC(=O)c1sccc1NC(=O)Cn1cnc2sc(C)c(C)c2c1=O. The zero-order chi connectivity index (χ0) is 18.1. The van der Waals surface area contributed by atoms with Crippen molar-refractivity contribution >= 4 is 50.5 Å². The Bertz CT molecular complexity index is 1030. The molecule has 0 radical (unpaired) electrons. The molecular formula is C16H15N3O4S2. The molecule has 3 aromatic rings. The highest BCUT2D eigenvalue weighted by molar-refractivity contribution is 7.18. The third-order valence-electron chi connectivity index (χ3n) is 3.78. The minimum absolute atomic E-state index is 0.188. The summed E-state index contributed by atoms with van der Waals surface area (Å²) in [5.41, 5.74) is 1.00. The number of aromatic nitrogens is 2. The van der Waals surface area contributed by atoms with Gasteiger partial charge in [0.25, 0.3) is 5.56 Å². The number of methoxy groups -OCH3 is 1. The fourth-order valence-electron chi connectivity index (χ4n) is 2.39. The summed E-state index contributed by atoms with van der Waals surface area (Å²) in [6, 6.07) is 1.62. The van der Waals surface area contributed by atoms with Gasteiger partial charge in [0, 0.05) is 4.88 Å². The normalized spacial score (nSPS) is 10.8. The summed E-state index contributed by atoms with van der Waals surface area (Å²) in [7, 11) is 1.28. The van der Waals surface area contributed by atoms with Gasteiger partial charge in [-0.05, 0) is 30.9 Å². The smallest absolute Gasteiger partial charge is 0.350 e. The van der Waals surface area contributed by atoms with Crippen LogP contribution in [0.3, 0.4) is 0 Å². The summed E-state index contributed by atoms with van der Waals surface area (Å²) >= 11 is 2.63. The summed E-state index contributed by atoms with van der Waals surface area (Å²) in [5.74, 6) is -0.939. The summed E-state index contributed by atoms with van der Waals surface area (Å²) in [6.07, 6.45) is 1.37. The largest absolute Gasteiger partial charge is 0.465 e. The van der Waals surface area contributed by atoms with Crippen molar-refractivity contribution in [1.29, 1.82) is 0 Å². The Balaban J connectivity index is 1.85. The molecule has 0 aromatic carbocycles. The minimum atomic E-state index is -0.519. The third-order valence-corrected chi connectivity index (χ3v) is 5.79. The van der Waals surface area contributed by atoms with Gasteiger partial charge in [-0.2, -0.15) is 0 Å². The first-order chi connectivity index (χ1) is 11.9. The van der Waals surface area contributed by atoms with Crippen LogP contribution in [0.4, 0.5) is 5.69 Å². The number of hydrogen-bond donors (Lipinski definition) is 1. The molecule has 25 heavy (non-hydrogen) atoms. The molecular weight excluding hydrogens is 362 g/mol. The van der Waals surface area contributed by atoms with Gasteiger partial charge in [-0.15, -0.1) is 22.7 Å². The van der Waals surface area contributed by atoms with Crippen LogP contribution >= 0.6 is 22.7 Å². The van der Waals surface area contributed by atoms with E-state index in [4.69, 9.17) is 0 Å². The summed E-state index contributed by atoms with van der Waals surface area (Å²) in [5, 5.41) is 4.86. The number of anilines is 1. The predicted molar refractivity (Wildman–Crippen MR) is 97.6 cm³/mol. The number of rotatable bonds is 4. The Morgan fingerprint density at radius 2 is 2.12 bits per heavy atom. The molecule has 0 bridgehead atoms. The van der Waals surface area contributed by atoms with E-state index in [1.165, 1.54) is 40.7 Å². The summed E-state index contributed by atoms with van der Waals surface area (Å²) in [6.45, 7) is 3.62. The van der Waals surface area contributed by atoms with E-state index < -0.39 is 11.9 Å². The van der Waals surface area contributed by atoms with E-state index in [0.717, 1.165) is 10.4 Å². The number of ether oxygens (including phenoxy) is 1. The van der Waals surface area contributed by atoms with Crippen molar-refractivity contribution in [1.82, 2.24) is 9.55 Å². The molecule has 0 unspecified atom stereocenters. The Morgan fingerprint density at radius 1 is 1.36 bits per heavy atom. The highest BCUT2D eigenvalue weighted by atomic mass is 32.1. The van der Waals surface area contributed by atoms with Crippen LogP contribution in [-0.2, 0) is 16.1 Å². The van der Waals surface area contributed by atoms with Crippen molar-refractivity contribution in [3.05, 3.63) is 43.4 Å². The molecule has 7 nitrogen and oxygen atoms in total. The number of carbonyl (C=O) groups excluding carboxylic acids is 2. The lowest BCUT2D eigenvalue weighted by atomic mass is 10.2. The average Bonchev–Trinajstić information content (AvgIpc) is 3.15. The molecule has 0 saturated carbocycles. The molecule has 0 fully saturated rings. The lowest BCUT2D eigenvalue weighted by Crippen LogP contribution is -2.28. The number of thiophene rings is 2. The van der Waals surface area contributed by atoms with Crippen LogP contribution < -0.4 is 10.9 Å². The lowest BCUT2D eigenvalue weighted by molar-refractivity contribution is -0.116. The first-order valence-electron chi connectivity index (χ1n) is 7.33. The highest BCUT2D eigenvalue weighted by Crippen LogP contribution is 2.25. The van der Waals surface area contributed by atoms with Gasteiger partial charge in [0.05, 0.1) is 24.5 Å². The molecule has 3 heterocycles. The van der Waals surface area contributed by atoms with Crippen molar-refractivity contribution in [2.24, 2.45) is 0 Å². The van der Waals surface area contributed by atoms with Crippen LogP contribution in [0.2, 0.25) is 0 Å². The van der Waals surface area contributed by atoms with E-state index in [9.17, 15) is 14.4 Å². The zero-order valence-electron chi connectivity index (χ0n) is 13.8.